The van der Waals surface area contributed by atoms with Crippen LogP contribution >= 0.6 is 12.6 Å². The number of methoxy groups -OCH3 is 1. The van der Waals surface area contributed by atoms with Crippen molar-refractivity contribution in [2.75, 3.05) is 16.9 Å². The van der Waals surface area contributed by atoms with Gasteiger partial charge in [-0.25, -0.2) is 14.2 Å². The molecule has 2 fully saturated rings. The number of nitrogens with zero attached hydrogens (tertiary/aromatic N) is 4. The third-order valence-corrected chi connectivity index (χ3v) is 6.38. The van der Waals surface area contributed by atoms with E-state index >= 15 is 0 Å². The summed E-state index contributed by atoms with van der Waals surface area (Å²) in [7, 11) is 1.11. The lowest BCUT2D eigenvalue weighted by Crippen LogP contribution is -2.55. The summed E-state index contributed by atoms with van der Waals surface area (Å²) in [5, 5.41) is 8.98. The van der Waals surface area contributed by atoms with Gasteiger partial charge in [-0.3, -0.25) is 9.69 Å². The second-order valence-corrected chi connectivity index (χ2v) is 8.09. The Morgan fingerprint density at radius 3 is 2.52 bits per heavy atom. The summed E-state index contributed by atoms with van der Waals surface area (Å²) in [5.41, 5.74) is -4.56. The topological polar surface area (TPSA) is 86.5 Å². The summed E-state index contributed by atoms with van der Waals surface area (Å²) in [6, 6.07) is 5.78. The van der Waals surface area contributed by atoms with E-state index in [4.69, 9.17) is 5.26 Å². The first-order valence-electron chi connectivity index (χ1n) is 9.71. The smallest absolute Gasteiger partial charge is 0.419 e. The zero-order valence-corrected chi connectivity index (χ0v) is 18.0. The molecule has 2 aliphatic rings. The molecule has 7 nitrogen and oxygen atoms in total. The Balaban J connectivity index is 1.79. The number of hydrogen-bond acceptors (Lipinski definition) is 7. The van der Waals surface area contributed by atoms with E-state index in [1.807, 2.05) is 0 Å². The molecule has 1 aromatic heterocycles. The van der Waals surface area contributed by atoms with Crippen molar-refractivity contribution in [3.05, 3.63) is 53.1 Å². The highest BCUT2D eigenvalue weighted by Gasteiger charge is 2.60. The molecule has 172 valence electrons. The summed E-state index contributed by atoms with van der Waals surface area (Å²) >= 11 is 4.48. The molecule has 33 heavy (non-hydrogen) atoms. The molecule has 0 radical (unpaired) electrons. The van der Waals surface area contributed by atoms with Gasteiger partial charge in [-0.2, -0.15) is 18.4 Å². The molecule has 1 aromatic carbocycles. The minimum Gasteiger partial charge on any atom is -0.465 e. The molecule has 1 saturated carbocycles. The number of halogens is 4. The van der Waals surface area contributed by atoms with Crippen molar-refractivity contribution in [3.63, 3.8) is 0 Å². The predicted molar refractivity (Wildman–Crippen MR) is 111 cm³/mol. The Morgan fingerprint density at radius 2 is 2.00 bits per heavy atom. The van der Waals surface area contributed by atoms with Gasteiger partial charge < -0.3 is 9.64 Å². The maximum Gasteiger partial charge on any atom is 0.419 e. The fourth-order valence-electron chi connectivity index (χ4n) is 4.19. The number of benzene rings is 1. The number of nitriles is 1. The number of aromatic nitrogens is 1. The van der Waals surface area contributed by atoms with Crippen molar-refractivity contribution in [2.24, 2.45) is 0 Å². The van der Waals surface area contributed by atoms with Crippen LogP contribution in [0.25, 0.3) is 0 Å². The molecule has 2 aromatic rings. The summed E-state index contributed by atoms with van der Waals surface area (Å²) < 4.78 is 59.5. The zero-order chi connectivity index (χ0) is 24.1. The highest BCUT2D eigenvalue weighted by molar-refractivity contribution is 7.81. The van der Waals surface area contributed by atoms with Gasteiger partial charge in [0.1, 0.15) is 17.4 Å². The molecule has 1 aliphatic carbocycles. The maximum absolute atomic E-state index is 14.6. The molecule has 1 saturated heterocycles. The summed E-state index contributed by atoms with van der Waals surface area (Å²) in [5.74, 6) is -2.26. The van der Waals surface area contributed by atoms with Crippen LogP contribution in [0.1, 0.15) is 40.9 Å². The van der Waals surface area contributed by atoms with Gasteiger partial charge in [0.05, 0.1) is 30.1 Å². The van der Waals surface area contributed by atoms with Crippen molar-refractivity contribution in [1.82, 2.24) is 4.98 Å². The summed E-state index contributed by atoms with van der Waals surface area (Å²) in [6.07, 6.45) is -2.40. The van der Waals surface area contributed by atoms with Crippen LogP contribution in [0.5, 0.6) is 0 Å². The molecule has 1 atom stereocenters. The molecule has 1 unspecified atom stereocenters. The Labute approximate surface area is 191 Å². The second-order valence-electron chi connectivity index (χ2n) is 7.63. The van der Waals surface area contributed by atoms with Crippen LogP contribution in [0, 0.1) is 17.1 Å². The van der Waals surface area contributed by atoms with E-state index in [-0.39, 0.29) is 16.9 Å². The van der Waals surface area contributed by atoms with Crippen molar-refractivity contribution in [2.45, 2.75) is 36.5 Å². The summed E-state index contributed by atoms with van der Waals surface area (Å²) in [6.45, 7) is 0. The fraction of sp³-hybridized carbons (Fsp3) is 0.333. The van der Waals surface area contributed by atoms with Gasteiger partial charge in [0, 0.05) is 5.69 Å². The van der Waals surface area contributed by atoms with Crippen molar-refractivity contribution < 1.29 is 31.9 Å². The van der Waals surface area contributed by atoms with Crippen LogP contribution in [0.3, 0.4) is 0 Å². The van der Waals surface area contributed by atoms with Crippen LogP contribution in [-0.2, 0) is 15.7 Å². The molecule has 1 aliphatic heterocycles. The first-order chi connectivity index (χ1) is 15.5. The normalized spacial score (nSPS) is 19.4. The average Bonchev–Trinajstić information content (AvgIpc) is 2.98. The van der Waals surface area contributed by atoms with E-state index in [1.165, 1.54) is 23.1 Å². The standard InChI is InChI=1S/C21H16F4N4O3S/c1-32-17(30)13-4-3-11(8-15(13)22)29-19(33)28(18(31)20(29)5-2-6-20)12-7-14(21(23,24)25)16(9-26)27-10-12/h3-4,7-8,10,19,33H,2,5-6H2,1H3. The van der Waals surface area contributed by atoms with Gasteiger partial charge in [-0.05, 0) is 43.5 Å². The van der Waals surface area contributed by atoms with Gasteiger partial charge in [0.2, 0.25) is 0 Å². The number of alkyl halides is 3. The fourth-order valence-corrected chi connectivity index (χ4v) is 4.78. The minimum absolute atomic E-state index is 0.188. The predicted octanol–water partition coefficient (Wildman–Crippen LogP) is 3.89. The molecular formula is C21H16F4N4O3S. The van der Waals surface area contributed by atoms with Crippen LogP contribution in [0.4, 0.5) is 28.9 Å². The van der Waals surface area contributed by atoms with Crippen molar-refractivity contribution in [1.29, 1.82) is 5.26 Å². The SMILES string of the molecule is COC(=O)c1ccc(N2C(S)N(c3cnc(C#N)c(C(F)(F)F)c3)C(=O)C23CCC3)cc1F. The van der Waals surface area contributed by atoms with Gasteiger partial charge in [-0.15, -0.1) is 12.6 Å². The number of pyridine rings is 1. The number of anilines is 2. The monoisotopic (exact) mass is 480 g/mol. The van der Waals surface area contributed by atoms with Gasteiger partial charge >= 0.3 is 12.1 Å². The zero-order valence-electron chi connectivity index (χ0n) is 17.1. The lowest BCUT2D eigenvalue weighted by molar-refractivity contribution is -0.138. The third-order valence-electron chi connectivity index (χ3n) is 5.92. The third kappa shape index (κ3) is 3.47. The van der Waals surface area contributed by atoms with E-state index in [1.54, 1.807) is 0 Å². The number of thiol groups is 1. The second kappa shape index (κ2) is 7.91. The summed E-state index contributed by atoms with van der Waals surface area (Å²) in [4.78, 5) is 31.3. The van der Waals surface area contributed by atoms with Gasteiger partial charge in [-0.1, -0.05) is 0 Å². The van der Waals surface area contributed by atoms with E-state index in [0.29, 0.717) is 25.3 Å². The lowest BCUT2D eigenvalue weighted by atomic mass is 9.75. The molecular weight excluding hydrogens is 464 g/mol. The molecule has 1 amide bonds. The van der Waals surface area contributed by atoms with Gasteiger partial charge in [0.15, 0.2) is 11.2 Å². The first kappa shape index (κ1) is 22.8. The number of amides is 1. The number of ether oxygens (including phenoxy) is 1. The molecule has 0 bridgehead atoms. The van der Waals surface area contributed by atoms with Crippen LogP contribution in [0.15, 0.2) is 30.5 Å². The highest BCUT2D eigenvalue weighted by Crippen LogP contribution is 2.50. The maximum atomic E-state index is 14.6. The van der Waals surface area contributed by atoms with E-state index in [0.717, 1.165) is 24.3 Å². The largest absolute Gasteiger partial charge is 0.465 e. The Hall–Kier alpha value is -3.33. The number of carbonyl (C=O) groups excluding carboxylic acids is 2. The highest BCUT2D eigenvalue weighted by atomic mass is 32.1. The molecule has 4 rings (SSSR count). The van der Waals surface area contributed by atoms with Crippen LogP contribution in [-0.4, -0.2) is 35.0 Å². The number of esters is 1. The van der Waals surface area contributed by atoms with E-state index in [9.17, 15) is 27.2 Å². The molecule has 12 heteroatoms. The van der Waals surface area contributed by atoms with Crippen molar-refractivity contribution in [3.8, 4) is 6.07 Å². The van der Waals surface area contributed by atoms with Gasteiger partial charge in [0.25, 0.3) is 5.91 Å². The molecule has 1 spiro atoms. The van der Waals surface area contributed by atoms with Crippen LogP contribution in [0.2, 0.25) is 0 Å². The number of hydrogen-bond donors (Lipinski definition) is 1. The van der Waals surface area contributed by atoms with Crippen molar-refractivity contribution >= 4 is 35.9 Å². The Kier molecular flexibility index (Phi) is 5.48. The van der Waals surface area contributed by atoms with E-state index < -0.39 is 46.2 Å². The van der Waals surface area contributed by atoms with Crippen LogP contribution < -0.4 is 9.80 Å². The Bertz CT molecular complexity index is 1190. The minimum atomic E-state index is -4.86. The quantitative estimate of drug-likeness (QED) is 0.408. The Morgan fingerprint density at radius 1 is 1.30 bits per heavy atom. The lowest BCUT2D eigenvalue weighted by Gasteiger charge is -2.44. The van der Waals surface area contributed by atoms with E-state index in [2.05, 4.69) is 22.3 Å². The number of carbonyl (C=O) groups is 2. The number of rotatable bonds is 3. The molecule has 2 heterocycles. The average molecular weight is 480 g/mol. The first-order valence-corrected chi connectivity index (χ1v) is 10.2. The molecule has 0 N–H and O–H groups in total.